The number of Topliss-reactive ketones (excluding diaryl/α,β-unsaturated/α-hetero) is 1. The summed E-state index contributed by atoms with van der Waals surface area (Å²) in [4.78, 5) is 84.5. The molecule has 0 radical (unpaired) electrons. The van der Waals surface area contributed by atoms with Crippen LogP contribution in [0.5, 0.6) is 0 Å². The monoisotopic (exact) mass is 907 g/mol. The van der Waals surface area contributed by atoms with Gasteiger partial charge in [-0.3, -0.25) is 24.0 Å². The number of fused-ring (bicyclic) bond motifs is 3. The van der Waals surface area contributed by atoms with Gasteiger partial charge < -0.3 is 28.8 Å². The van der Waals surface area contributed by atoms with E-state index in [1.54, 1.807) is 20.8 Å². The van der Waals surface area contributed by atoms with Crippen LogP contribution in [-0.4, -0.2) is 71.3 Å². The molecule has 1 aliphatic heterocycles. The van der Waals surface area contributed by atoms with E-state index in [2.05, 4.69) is 25.2 Å². The lowest BCUT2D eigenvalue weighted by atomic mass is 9.46. The standard InChI is InChI=1S/C53H78O12/c1-16-38-23-37(27-61-34(9)54)21-30(5)45(57)28(3)19-18-20-51(15)25-31(6)32(7)26-53(51)47(64-49(60)50(12,13)14)42(48(59)65-53)46(58)52(17-2)43(38)29(4)22-39-41(63-36(11)56)24-40(62-35(10)55)33(8)44(39)52/h22-23,25,28,30,32-33,37,39-41,43-45,57H,16-21,24,26-27H2,1-15H3/b38-23+/t28-,30-,32-,33+,37-,39-,40+,41+,43+,44-,45-,51-,52-,53-/m1/s1. The first-order chi connectivity index (χ1) is 30.2. The predicted molar refractivity (Wildman–Crippen MR) is 245 cm³/mol. The molecular formula is C53H78O12. The lowest BCUT2D eigenvalue weighted by Gasteiger charge is -2.58. The zero-order chi connectivity index (χ0) is 48.7. The number of rotatable bonds is 7. The molecule has 65 heavy (non-hydrogen) atoms. The molecule has 1 N–H and O–H groups in total. The van der Waals surface area contributed by atoms with Crippen LogP contribution in [0, 0.1) is 63.6 Å². The molecule has 1 heterocycles. The molecule has 2 bridgehead atoms. The predicted octanol–water partition coefficient (Wildman–Crippen LogP) is 9.52. The average Bonchev–Trinajstić information content (AvgIpc) is 3.48. The van der Waals surface area contributed by atoms with Crippen molar-refractivity contribution in [2.45, 2.75) is 179 Å². The number of carbonyl (C=O) groups excluding carboxylic acids is 6. The van der Waals surface area contributed by atoms with Crippen LogP contribution < -0.4 is 0 Å². The van der Waals surface area contributed by atoms with Gasteiger partial charge in [0.1, 0.15) is 17.8 Å². The van der Waals surface area contributed by atoms with Crippen LogP contribution in [0.4, 0.5) is 0 Å². The number of hydrogen-bond acceptors (Lipinski definition) is 12. The molecule has 5 aliphatic rings. The third-order valence-electron chi connectivity index (χ3n) is 16.0. The molecule has 0 unspecified atom stereocenters. The highest BCUT2D eigenvalue weighted by Gasteiger charge is 2.68. The number of aliphatic hydroxyl groups excluding tert-OH is 1. The van der Waals surface area contributed by atoms with Crippen molar-refractivity contribution in [1.29, 1.82) is 0 Å². The normalized spacial score (nSPS) is 38.8. The number of allylic oxidation sites excluding steroid dienone is 3. The number of aliphatic hydroxyl groups is 1. The second kappa shape index (κ2) is 19.7. The third kappa shape index (κ3) is 9.85. The molecule has 1 fully saturated rings. The van der Waals surface area contributed by atoms with Gasteiger partial charge in [-0.25, -0.2) is 4.79 Å². The first kappa shape index (κ1) is 51.9. The Morgan fingerprint density at radius 1 is 0.877 bits per heavy atom. The van der Waals surface area contributed by atoms with Crippen molar-refractivity contribution >= 4 is 35.6 Å². The van der Waals surface area contributed by atoms with Crippen LogP contribution in [0.15, 0.2) is 46.3 Å². The number of ether oxygens (including phenoxy) is 5. The zero-order valence-electron chi connectivity index (χ0n) is 41.9. The van der Waals surface area contributed by atoms with Crippen molar-refractivity contribution in [2.75, 3.05) is 6.61 Å². The fourth-order valence-corrected chi connectivity index (χ4v) is 12.6. The lowest BCUT2D eigenvalue weighted by Crippen LogP contribution is -2.60. The Labute approximate surface area is 387 Å². The van der Waals surface area contributed by atoms with Crippen LogP contribution in [0.25, 0.3) is 0 Å². The van der Waals surface area contributed by atoms with Gasteiger partial charge in [-0.05, 0) is 96.3 Å². The first-order valence-corrected chi connectivity index (χ1v) is 24.2. The zero-order valence-corrected chi connectivity index (χ0v) is 41.9. The van der Waals surface area contributed by atoms with Gasteiger partial charge in [-0.1, -0.05) is 89.8 Å². The largest absolute Gasteiger partial charge is 0.465 e. The number of carbonyl (C=O) groups is 6. The fourth-order valence-electron chi connectivity index (χ4n) is 12.6. The van der Waals surface area contributed by atoms with Crippen molar-refractivity contribution in [1.82, 2.24) is 0 Å². The summed E-state index contributed by atoms with van der Waals surface area (Å²) in [5.41, 5.74) is -2.54. The molecule has 362 valence electrons. The summed E-state index contributed by atoms with van der Waals surface area (Å²) in [7, 11) is 0. The van der Waals surface area contributed by atoms with Crippen molar-refractivity contribution < 1.29 is 57.6 Å². The average molecular weight is 907 g/mol. The van der Waals surface area contributed by atoms with E-state index in [4.69, 9.17) is 23.7 Å². The number of hydrogen-bond donors (Lipinski definition) is 1. The van der Waals surface area contributed by atoms with Gasteiger partial charge in [0.25, 0.3) is 0 Å². The van der Waals surface area contributed by atoms with Crippen LogP contribution >= 0.6 is 0 Å². The van der Waals surface area contributed by atoms with Gasteiger partial charge >= 0.3 is 29.8 Å². The molecular weight excluding hydrogens is 829 g/mol. The highest BCUT2D eigenvalue weighted by Crippen LogP contribution is 2.64. The van der Waals surface area contributed by atoms with Crippen molar-refractivity contribution in [2.24, 2.45) is 63.6 Å². The van der Waals surface area contributed by atoms with E-state index in [1.807, 2.05) is 55.4 Å². The molecule has 0 aromatic rings. The summed E-state index contributed by atoms with van der Waals surface area (Å²) < 4.78 is 31.1. The van der Waals surface area contributed by atoms with Crippen molar-refractivity contribution in [3.8, 4) is 0 Å². The molecule has 0 aromatic heterocycles. The summed E-state index contributed by atoms with van der Waals surface area (Å²) in [6, 6.07) is 0. The Morgan fingerprint density at radius 3 is 2.08 bits per heavy atom. The molecule has 1 saturated carbocycles. The number of ketones is 1. The van der Waals surface area contributed by atoms with Gasteiger partial charge in [-0.15, -0.1) is 0 Å². The van der Waals surface area contributed by atoms with Crippen LogP contribution in [0.2, 0.25) is 0 Å². The third-order valence-corrected chi connectivity index (χ3v) is 16.0. The molecule has 0 aromatic carbocycles. The smallest absolute Gasteiger partial charge is 0.346 e. The highest BCUT2D eigenvalue weighted by molar-refractivity contribution is 6.22. The Bertz CT molecular complexity index is 2020. The molecule has 4 aliphatic carbocycles. The fraction of sp³-hybridized carbons (Fsp3) is 0.736. The molecule has 0 saturated heterocycles. The van der Waals surface area contributed by atoms with E-state index in [1.165, 1.54) is 20.8 Å². The minimum absolute atomic E-state index is 0.0491. The van der Waals surface area contributed by atoms with E-state index in [0.717, 1.165) is 16.7 Å². The van der Waals surface area contributed by atoms with E-state index in [-0.39, 0.29) is 60.9 Å². The van der Waals surface area contributed by atoms with Crippen LogP contribution in [0.3, 0.4) is 0 Å². The SMILES string of the molecule is CC/C1=C\[C@H](COC(C)=O)C[C@@H](C)[C@H](O)[C@H](C)CCC[C@]2(C)C=C(C)[C@H](C)C[C@]23OC(=O)C(=C3OC(=O)C(C)(C)C)C(=O)[C@@]2(CC)[C@@H]3[C@@H](C)[C@@H](OC(C)=O)C[C@H](OC(C)=O)[C@H]3C=C(C)[C@@H]12. The Balaban J connectivity index is 1.97. The number of esters is 5. The quantitative estimate of drug-likeness (QED) is 0.111. The van der Waals surface area contributed by atoms with Crippen LogP contribution in [-0.2, 0) is 52.5 Å². The van der Waals surface area contributed by atoms with E-state index in [0.29, 0.717) is 32.1 Å². The maximum atomic E-state index is 16.9. The summed E-state index contributed by atoms with van der Waals surface area (Å²) in [6.07, 6.45) is 7.42. The topological polar surface area (TPSA) is 169 Å². The Hall–Kier alpha value is -4.06. The molecule has 1 spiro atoms. The summed E-state index contributed by atoms with van der Waals surface area (Å²) in [5, 5.41) is 11.9. The van der Waals surface area contributed by atoms with Crippen molar-refractivity contribution in [3.63, 3.8) is 0 Å². The molecule has 12 heteroatoms. The minimum atomic E-state index is -1.54. The maximum absolute atomic E-state index is 16.9. The van der Waals surface area contributed by atoms with Gasteiger partial charge in [0.15, 0.2) is 17.1 Å². The minimum Gasteiger partial charge on any atom is -0.465 e. The second-order valence-corrected chi connectivity index (χ2v) is 21.8. The summed E-state index contributed by atoms with van der Waals surface area (Å²) >= 11 is 0. The molecule has 5 rings (SSSR count). The Morgan fingerprint density at radius 2 is 1.51 bits per heavy atom. The summed E-state index contributed by atoms with van der Waals surface area (Å²) in [5.74, 6) is -6.76. The molecule has 0 amide bonds. The van der Waals surface area contributed by atoms with E-state index >= 15 is 9.59 Å². The van der Waals surface area contributed by atoms with Gasteiger partial charge in [0, 0.05) is 62.2 Å². The lowest BCUT2D eigenvalue weighted by molar-refractivity contribution is -0.179. The Kier molecular flexibility index (Phi) is 15.7. The van der Waals surface area contributed by atoms with Gasteiger partial charge in [0.2, 0.25) is 0 Å². The summed E-state index contributed by atoms with van der Waals surface area (Å²) in [6.45, 7) is 27.3. The van der Waals surface area contributed by atoms with E-state index in [9.17, 15) is 24.3 Å². The molecule has 14 atom stereocenters. The maximum Gasteiger partial charge on any atom is 0.346 e. The molecule has 12 nitrogen and oxygen atoms in total. The van der Waals surface area contributed by atoms with E-state index < -0.39 is 99.5 Å². The first-order valence-electron chi connectivity index (χ1n) is 24.2. The van der Waals surface area contributed by atoms with Gasteiger partial charge in [0.05, 0.1) is 18.1 Å². The van der Waals surface area contributed by atoms with Gasteiger partial charge in [-0.2, -0.15) is 0 Å². The highest BCUT2D eigenvalue weighted by atomic mass is 16.6. The van der Waals surface area contributed by atoms with Crippen LogP contribution in [0.1, 0.15) is 155 Å². The second-order valence-electron chi connectivity index (χ2n) is 21.8. The van der Waals surface area contributed by atoms with Crippen molar-refractivity contribution in [3.05, 3.63) is 46.3 Å².